The van der Waals surface area contributed by atoms with Crippen molar-refractivity contribution in [1.29, 1.82) is 0 Å². The van der Waals surface area contributed by atoms with Crippen molar-refractivity contribution in [2.45, 2.75) is 44.7 Å². The monoisotopic (exact) mass is 372 g/mol. The van der Waals surface area contributed by atoms with E-state index in [9.17, 15) is 17.6 Å². The number of nitrogens with zero attached hydrogens (tertiary/aromatic N) is 2. The molecule has 0 spiro atoms. The first kappa shape index (κ1) is 19.5. The van der Waals surface area contributed by atoms with Crippen LogP contribution in [-0.2, 0) is 0 Å². The average Bonchev–Trinajstić information content (AvgIpc) is 2.60. The number of halogens is 4. The second kappa shape index (κ2) is 8.59. The number of hydrogen-bond acceptors (Lipinski definition) is 2. The summed E-state index contributed by atoms with van der Waals surface area (Å²) in [7, 11) is 0. The zero-order valence-electron chi connectivity index (χ0n) is 15.1. The van der Waals surface area contributed by atoms with Crippen LogP contribution in [0.25, 0.3) is 0 Å². The Bertz CT molecular complexity index is 559. The van der Waals surface area contributed by atoms with Crippen molar-refractivity contribution in [1.82, 2.24) is 4.90 Å². The predicted molar refractivity (Wildman–Crippen MR) is 95.8 cm³/mol. The van der Waals surface area contributed by atoms with Crippen LogP contribution in [0.4, 0.5) is 23.2 Å². The third kappa shape index (κ3) is 5.86. The quantitative estimate of drug-likeness (QED) is 0.664. The maximum Gasteiger partial charge on any atom is 0.389 e. The lowest BCUT2D eigenvalue weighted by atomic mass is 9.79. The van der Waals surface area contributed by atoms with Crippen molar-refractivity contribution in [3.05, 3.63) is 30.1 Å². The molecule has 1 aromatic rings. The van der Waals surface area contributed by atoms with E-state index in [4.69, 9.17) is 0 Å². The summed E-state index contributed by atoms with van der Waals surface area (Å²) in [5.74, 6) is 0.202. The topological polar surface area (TPSA) is 6.48 Å². The minimum Gasteiger partial charge on any atom is -0.369 e. The molecule has 1 aromatic carbocycles. The molecule has 0 bridgehead atoms. The van der Waals surface area contributed by atoms with E-state index in [1.54, 1.807) is 12.1 Å². The Morgan fingerprint density at radius 2 is 1.58 bits per heavy atom. The van der Waals surface area contributed by atoms with E-state index in [2.05, 4.69) is 9.80 Å². The van der Waals surface area contributed by atoms with E-state index in [1.165, 1.54) is 6.07 Å². The molecule has 0 radical (unpaired) electrons. The third-order valence-electron chi connectivity index (χ3n) is 5.89. The molecule has 0 amide bonds. The molecule has 1 aliphatic heterocycles. The summed E-state index contributed by atoms with van der Waals surface area (Å²) < 4.78 is 50.8. The summed E-state index contributed by atoms with van der Waals surface area (Å²) in [5.41, 5.74) is 0.938. The van der Waals surface area contributed by atoms with Crippen molar-refractivity contribution in [3.8, 4) is 0 Å². The first-order valence-electron chi connectivity index (χ1n) is 9.69. The van der Waals surface area contributed by atoms with Gasteiger partial charge in [0, 0.05) is 38.3 Å². The van der Waals surface area contributed by atoms with Crippen LogP contribution >= 0.6 is 0 Å². The van der Waals surface area contributed by atoms with E-state index in [1.807, 2.05) is 6.07 Å². The molecule has 0 unspecified atom stereocenters. The normalized spacial score (nSPS) is 25.5. The molecule has 1 saturated heterocycles. The molecule has 0 atom stereocenters. The maximum atomic E-state index is 13.3. The molecule has 26 heavy (non-hydrogen) atoms. The summed E-state index contributed by atoms with van der Waals surface area (Å²) >= 11 is 0. The van der Waals surface area contributed by atoms with Gasteiger partial charge in [-0.1, -0.05) is 18.9 Å². The molecular formula is C20H28F4N2. The van der Waals surface area contributed by atoms with Crippen LogP contribution in [0.2, 0.25) is 0 Å². The van der Waals surface area contributed by atoms with Gasteiger partial charge in [0.2, 0.25) is 0 Å². The highest BCUT2D eigenvalue weighted by Gasteiger charge is 2.33. The molecule has 2 fully saturated rings. The number of alkyl halides is 3. The lowest BCUT2D eigenvalue weighted by Crippen LogP contribution is -2.47. The number of rotatable bonds is 5. The summed E-state index contributed by atoms with van der Waals surface area (Å²) in [6.07, 6.45) is -0.234. The van der Waals surface area contributed by atoms with Crippen molar-refractivity contribution >= 4 is 5.69 Å². The Morgan fingerprint density at radius 1 is 0.923 bits per heavy atom. The van der Waals surface area contributed by atoms with E-state index >= 15 is 0 Å². The minimum absolute atomic E-state index is 0.166. The fourth-order valence-electron chi connectivity index (χ4n) is 4.32. The van der Waals surface area contributed by atoms with E-state index in [-0.39, 0.29) is 11.7 Å². The van der Waals surface area contributed by atoms with E-state index in [0.29, 0.717) is 5.92 Å². The van der Waals surface area contributed by atoms with Gasteiger partial charge in [0.05, 0.1) is 0 Å². The zero-order chi connectivity index (χ0) is 18.6. The van der Waals surface area contributed by atoms with Gasteiger partial charge < -0.3 is 4.90 Å². The van der Waals surface area contributed by atoms with Crippen LogP contribution in [-0.4, -0.2) is 43.8 Å². The van der Waals surface area contributed by atoms with Gasteiger partial charge in [0.25, 0.3) is 0 Å². The molecule has 6 heteroatoms. The number of anilines is 1. The Labute approximate surface area is 153 Å². The summed E-state index contributed by atoms with van der Waals surface area (Å²) in [4.78, 5) is 4.64. The predicted octanol–water partition coefficient (Wildman–Crippen LogP) is 5.10. The maximum absolute atomic E-state index is 13.3. The van der Waals surface area contributed by atoms with Crippen LogP contribution < -0.4 is 4.90 Å². The van der Waals surface area contributed by atoms with Gasteiger partial charge in [-0.3, -0.25) is 4.90 Å². The molecule has 1 heterocycles. The van der Waals surface area contributed by atoms with E-state index < -0.39 is 12.6 Å². The average molecular weight is 372 g/mol. The Kier molecular flexibility index (Phi) is 6.43. The van der Waals surface area contributed by atoms with Crippen molar-refractivity contribution in [2.75, 3.05) is 37.6 Å². The molecule has 1 saturated carbocycles. The van der Waals surface area contributed by atoms with Gasteiger partial charge in [0.1, 0.15) is 5.82 Å². The highest BCUT2D eigenvalue weighted by atomic mass is 19.4. The number of hydrogen-bond donors (Lipinski definition) is 0. The smallest absolute Gasteiger partial charge is 0.369 e. The van der Waals surface area contributed by atoms with Crippen LogP contribution in [0.3, 0.4) is 0 Å². The zero-order valence-corrected chi connectivity index (χ0v) is 15.1. The number of piperazine rings is 1. The Morgan fingerprint density at radius 3 is 2.19 bits per heavy atom. The van der Waals surface area contributed by atoms with Gasteiger partial charge in [-0.15, -0.1) is 0 Å². The highest BCUT2D eigenvalue weighted by Crippen LogP contribution is 2.37. The molecule has 0 aromatic heterocycles. The Balaban J connectivity index is 1.34. The largest absolute Gasteiger partial charge is 0.389 e. The highest BCUT2D eigenvalue weighted by molar-refractivity contribution is 5.46. The summed E-state index contributed by atoms with van der Waals surface area (Å²) in [5, 5.41) is 0. The molecule has 146 valence electrons. The van der Waals surface area contributed by atoms with Gasteiger partial charge in [-0.2, -0.15) is 13.2 Å². The first-order chi connectivity index (χ1) is 12.4. The van der Waals surface area contributed by atoms with Gasteiger partial charge in [0.15, 0.2) is 0 Å². The minimum atomic E-state index is -4.02. The molecule has 3 rings (SSSR count). The van der Waals surface area contributed by atoms with Gasteiger partial charge >= 0.3 is 6.18 Å². The second-order valence-corrected chi connectivity index (χ2v) is 7.80. The van der Waals surface area contributed by atoms with Crippen molar-refractivity contribution in [2.24, 2.45) is 11.8 Å². The lowest BCUT2D eigenvalue weighted by Gasteiger charge is -2.37. The van der Waals surface area contributed by atoms with Crippen molar-refractivity contribution in [3.63, 3.8) is 0 Å². The SMILES string of the molecule is Fc1cccc(N2CCN(CCC3CCC(CC(F)(F)F)CC3)CC2)c1. The number of benzene rings is 1. The molecule has 2 nitrogen and oxygen atoms in total. The molecular weight excluding hydrogens is 344 g/mol. The van der Waals surface area contributed by atoms with Crippen molar-refractivity contribution < 1.29 is 17.6 Å². The lowest BCUT2D eigenvalue weighted by molar-refractivity contribution is -0.147. The standard InChI is InChI=1S/C20H28F4N2/c21-18-2-1-3-19(14-18)26-12-10-25(11-13-26)9-8-16-4-6-17(7-5-16)15-20(22,23)24/h1-3,14,16-17H,4-13,15H2. The second-order valence-electron chi connectivity index (χ2n) is 7.80. The van der Waals surface area contributed by atoms with Crippen LogP contribution in [0.15, 0.2) is 24.3 Å². The van der Waals surface area contributed by atoms with Gasteiger partial charge in [-0.25, -0.2) is 4.39 Å². The third-order valence-corrected chi connectivity index (χ3v) is 5.89. The molecule has 2 aliphatic rings. The molecule has 1 aliphatic carbocycles. The molecule has 0 N–H and O–H groups in total. The van der Waals surface area contributed by atoms with Crippen LogP contribution in [0.5, 0.6) is 0 Å². The van der Waals surface area contributed by atoms with Crippen LogP contribution in [0.1, 0.15) is 38.5 Å². The summed E-state index contributed by atoms with van der Waals surface area (Å²) in [6, 6.07) is 6.72. The fourth-order valence-corrected chi connectivity index (χ4v) is 4.32. The van der Waals surface area contributed by atoms with Crippen LogP contribution in [0, 0.1) is 17.7 Å². The Hall–Kier alpha value is -1.30. The fraction of sp³-hybridized carbons (Fsp3) is 0.700. The first-order valence-corrected chi connectivity index (χ1v) is 9.69. The van der Waals surface area contributed by atoms with E-state index in [0.717, 1.165) is 70.5 Å². The summed E-state index contributed by atoms with van der Waals surface area (Å²) in [6.45, 7) is 4.72. The van der Waals surface area contributed by atoms with Gasteiger partial charge in [-0.05, 0) is 55.8 Å².